The summed E-state index contributed by atoms with van der Waals surface area (Å²) in [6.45, 7) is 0. The second kappa shape index (κ2) is 3.56. The van der Waals surface area contributed by atoms with E-state index in [2.05, 4.69) is 0 Å². The van der Waals surface area contributed by atoms with Crippen LogP contribution in [0.5, 0.6) is 0 Å². The fraction of sp³-hybridized carbons (Fsp3) is 0.714. The first-order valence-electron chi connectivity index (χ1n) is 4.12. The predicted molar refractivity (Wildman–Crippen MR) is 48.6 cm³/mol. The topological polar surface area (TPSA) is 120 Å². The minimum atomic E-state index is -3.12. The number of carbonyl (C=O) groups is 2. The van der Waals surface area contributed by atoms with Crippen LogP contribution in [0.1, 0.15) is 6.42 Å². The van der Waals surface area contributed by atoms with E-state index in [1.165, 1.54) is 0 Å². The van der Waals surface area contributed by atoms with Crippen molar-refractivity contribution in [2.45, 2.75) is 6.42 Å². The average molecular weight is 220 g/mol. The molecule has 0 saturated carbocycles. The van der Waals surface area contributed by atoms with Crippen LogP contribution in [0.25, 0.3) is 0 Å². The molecule has 14 heavy (non-hydrogen) atoms. The number of primary amides is 2. The Balaban J connectivity index is 2.83. The molecule has 1 heterocycles. The van der Waals surface area contributed by atoms with Crippen LogP contribution in [0.3, 0.4) is 0 Å². The van der Waals surface area contributed by atoms with Crippen LogP contribution in [0, 0.1) is 11.8 Å². The van der Waals surface area contributed by atoms with E-state index >= 15 is 0 Å². The molecule has 1 aliphatic heterocycles. The zero-order valence-corrected chi connectivity index (χ0v) is 8.29. The molecule has 0 aromatic carbocycles. The Hall–Kier alpha value is -1.11. The first-order chi connectivity index (χ1) is 6.33. The van der Waals surface area contributed by atoms with Crippen molar-refractivity contribution in [2.75, 3.05) is 11.5 Å². The third-order valence-corrected chi connectivity index (χ3v) is 4.15. The summed E-state index contributed by atoms with van der Waals surface area (Å²) in [7, 11) is -3.12. The van der Waals surface area contributed by atoms with Gasteiger partial charge in [0.15, 0.2) is 9.84 Å². The fourth-order valence-corrected chi connectivity index (χ4v) is 3.53. The quantitative estimate of drug-likeness (QED) is 0.535. The van der Waals surface area contributed by atoms with Gasteiger partial charge >= 0.3 is 0 Å². The van der Waals surface area contributed by atoms with E-state index in [0.717, 1.165) is 0 Å². The Bertz CT molecular complexity index is 348. The van der Waals surface area contributed by atoms with Gasteiger partial charge in [0.25, 0.3) is 0 Å². The molecule has 0 aromatic heterocycles. The van der Waals surface area contributed by atoms with Crippen molar-refractivity contribution in [3.05, 3.63) is 0 Å². The first kappa shape index (κ1) is 11.0. The highest BCUT2D eigenvalue weighted by Gasteiger charge is 2.39. The van der Waals surface area contributed by atoms with Crippen LogP contribution in [-0.4, -0.2) is 31.7 Å². The molecule has 0 aliphatic carbocycles. The number of sulfone groups is 1. The molecule has 0 radical (unpaired) electrons. The summed E-state index contributed by atoms with van der Waals surface area (Å²) in [5, 5.41) is 0. The lowest BCUT2D eigenvalue weighted by Gasteiger charge is -2.14. The van der Waals surface area contributed by atoms with E-state index in [4.69, 9.17) is 11.5 Å². The van der Waals surface area contributed by atoms with Gasteiger partial charge in [0, 0.05) is 0 Å². The van der Waals surface area contributed by atoms with Gasteiger partial charge in [-0.15, -0.1) is 0 Å². The molecule has 1 fully saturated rings. The van der Waals surface area contributed by atoms with Gasteiger partial charge in [-0.3, -0.25) is 9.59 Å². The zero-order valence-electron chi connectivity index (χ0n) is 7.47. The molecule has 4 N–H and O–H groups in total. The number of hydrogen-bond donors (Lipinski definition) is 2. The van der Waals surface area contributed by atoms with Crippen molar-refractivity contribution in [3.8, 4) is 0 Å². The predicted octanol–water partition coefficient (Wildman–Crippen LogP) is -1.99. The van der Waals surface area contributed by atoms with Crippen molar-refractivity contribution in [3.63, 3.8) is 0 Å². The second-order valence-corrected chi connectivity index (χ2v) is 5.67. The number of nitrogens with two attached hydrogens (primary N) is 2. The summed E-state index contributed by atoms with van der Waals surface area (Å²) in [5.41, 5.74) is 9.94. The molecule has 0 spiro atoms. The van der Waals surface area contributed by atoms with Crippen molar-refractivity contribution < 1.29 is 18.0 Å². The number of rotatable bonds is 3. The van der Waals surface area contributed by atoms with Crippen LogP contribution in [0.15, 0.2) is 0 Å². The summed E-state index contributed by atoms with van der Waals surface area (Å²) in [5.74, 6) is -3.58. The Morgan fingerprint density at radius 1 is 1.21 bits per heavy atom. The van der Waals surface area contributed by atoms with Crippen LogP contribution < -0.4 is 11.5 Å². The lowest BCUT2D eigenvalue weighted by molar-refractivity contribution is -0.133. The molecular formula is C7H12N2O4S. The van der Waals surface area contributed by atoms with Gasteiger partial charge in [-0.25, -0.2) is 8.42 Å². The highest BCUT2D eigenvalue weighted by molar-refractivity contribution is 7.91. The number of carbonyl (C=O) groups excluding carboxylic acids is 2. The van der Waals surface area contributed by atoms with Crippen LogP contribution >= 0.6 is 0 Å². The standard InChI is InChI=1S/C7H12N2O4S/c8-6(10)5(7(9)11)4-1-2-14(12,13)3-4/h4-5H,1-3H2,(H2,8,10)(H2,9,11)/t4-/m0/s1. The molecule has 1 saturated heterocycles. The Kier molecular flexibility index (Phi) is 2.79. The zero-order chi connectivity index (χ0) is 10.9. The van der Waals surface area contributed by atoms with Crippen LogP contribution in [0.4, 0.5) is 0 Å². The third kappa shape index (κ3) is 2.22. The van der Waals surface area contributed by atoms with Gasteiger partial charge in [-0.1, -0.05) is 0 Å². The highest BCUT2D eigenvalue weighted by Crippen LogP contribution is 2.25. The Morgan fingerprint density at radius 2 is 1.71 bits per heavy atom. The Morgan fingerprint density at radius 3 is 2.00 bits per heavy atom. The van der Waals surface area contributed by atoms with Gasteiger partial charge in [0.05, 0.1) is 11.5 Å². The summed E-state index contributed by atoms with van der Waals surface area (Å²) in [4.78, 5) is 21.7. The molecule has 80 valence electrons. The minimum absolute atomic E-state index is 0.00523. The van der Waals surface area contributed by atoms with Gasteiger partial charge in [0.2, 0.25) is 11.8 Å². The molecule has 1 atom stereocenters. The second-order valence-electron chi connectivity index (χ2n) is 3.45. The summed E-state index contributed by atoms with van der Waals surface area (Å²) in [6.07, 6.45) is 0.277. The van der Waals surface area contributed by atoms with E-state index in [0.29, 0.717) is 0 Å². The largest absolute Gasteiger partial charge is 0.369 e. The van der Waals surface area contributed by atoms with Crippen LogP contribution in [0.2, 0.25) is 0 Å². The third-order valence-electron chi connectivity index (χ3n) is 2.35. The van der Waals surface area contributed by atoms with Gasteiger partial charge in [-0.2, -0.15) is 0 Å². The van der Waals surface area contributed by atoms with Crippen molar-refractivity contribution in [2.24, 2.45) is 23.3 Å². The highest BCUT2D eigenvalue weighted by atomic mass is 32.2. The molecular weight excluding hydrogens is 208 g/mol. The van der Waals surface area contributed by atoms with Gasteiger partial charge in [0.1, 0.15) is 5.92 Å². The molecule has 0 unspecified atom stereocenters. The van der Waals surface area contributed by atoms with E-state index in [-0.39, 0.29) is 17.9 Å². The number of amides is 2. The van der Waals surface area contributed by atoms with E-state index in [9.17, 15) is 18.0 Å². The van der Waals surface area contributed by atoms with Gasteiger partial charge < -0.3 is 11.5 Å². The normalized spacial score (nSPS) is 25.1. The maximum absolute atomic E-state index is 11.1. The van der Waals surface area contributed by atoms with Crippen molar-refractivity contribution in [1.82, 2.24) is 0 Å². The minimum Gasteiger partial charge on any atom is -0.369 e. The SMILES string of the molecule is NC(=O)C(C(N)=O)[C@H]1CCS(=O)(=O)C1. The van der Waals surface area contributed by atoms with E-state index < -0.39 is 33.5 Å². The summed E-state index contributed by atoms with van der Waals surface area (Å²) in [6, 6.07) is 0. The lowest BCUT2D eigenvalue weighted by atomic mass is 9.91. The van der Waals surface area contributed by atoms with Crippen molar-refractivity contribution in [1.29, 1.82) is 0 Å². The maximum atomic E-state index is 11.1. The number of hydrogen-bond acceptors (Lipinski definition) is 4. The molecule has 7 heteroatoms. The molecule has 6 nitrogen and oxygen atoms in total. The van der Waals surface area contributed by atoms with E-state index in [1.807, 2.05) is 0 Å². The Labute approximate surface area is 81.6 Å². The molecule has 1 aliphatic rings. The van der Waals surface area contributed by atoms with E-state index in [1.54, 1.807) is 0 Å². The lowest BCUT2D eigenvalue weighted by Crippen LogP contribution is -2.40. The van der Waals surface area contributed by atoms with Crippen molar-refractivity contribution >= 4 is 21.7 Å². The molecule has 0 aromatic rings. The molecule has 2 amide bonds. The summed E-state index contributed by atoms with van der Waals surface area (Å²) < 4.78 is 22.2. The van der Waals surface area contributed by atoms with Crippen LogP contribution in [-0.2, 0) is 19.4 Å². The fourth-order valence-electron chi connectivity index (χ4n) is 1.69. The molecule has 1 rings (SSSR count). The van der Waals surface area contributed by atoms with Gasteiger partial charge in [-0.05, 0) is 12.3 Å². The molecule has 0 bridgehead atoms. The smallest absolute Gasteiger partial charge is 0.230 e. The summed E-state index contributed by atoms with van der Waals surface area (Å²) >= 11 is 0. The maximum Gasteiger partial charge on any atom is 0.230 e. The monoisotopic (exact) mass is 220 g/mol. The average Bonchev–Trinajstić information content (AvgIpc) is 2.28. The first-order valence-corrected chi connectivity index (χ1v) is 5.94.